The number of nitro groups is 1. The molecule has 0 radical (unpaired) electrons. The lowest BCUT2D eigenvalue weighted by atomic mass is 9.90. The van der Waals surface area contributed by atoms with Crippen molar-refractivity contribution in [1.29, 1.82) is 5.26 Å². The van der Waals surface area contributed by atoms with E-state index in [0.29, 0.717) is 10.7 Å². The van der Waals surface area contributed by atoms with Crippen molar-refractivity contribution in [2.24, 2.45) is 0 Å². The maximum atomic E-state index is 11.1. The highest BCUT2D eigenvalue weighted by molar-refractivity contribution is 7.98. The second kappa shape index (κ2) is 6.48. The summed E-state index contributed by atoms with van der Waals surface area (Å²) in [4.78, 5) is 18.7. The summed E-state index contributed by atoms with van der Waals surface area (Å²) in [6, 6.07) is 2.11. The van der Waals surface area contributed by atoms with Gasteiger partial charge in [-0.2, -0.15) is 5.26 Å². The lowest BCUT2D eigenvalue weighted by molar-refractivity contribution is -0.385. The van der Waals surface area contributed by atoms with E-state index in [2.05, 4.69) is 16.0 Å². The lowest BCUT2D eigenvalue weighted by Crippen LogP contribution is -2.04. The van der Waals surface area contributed by atoms with Gasteiger partial charge < -0.3 is 0 Å². The molecule has 1 aliphatic carbocycles. The predicted octanol–water partition coefficient (Wildman–Crippen LogP) is 3.35. The molecule has 0 atom stereocenters. The maximum absolute atomic E-state index is 11.1. The molecular weight excluding hydrogens is 276 g/mol. The standard InChI is InChI=1S/C13H14N4O2S/c1-20-13-15-8-11(17(18)19)12(16-13)10(7-14)9-5-3-2-4-6-9/h8H,2-6H2,1H3. The van der Waals surface area contributed by atoms with Crippen molar-refractivity contribution in [2.75, 3.05) is 6.26 Å². The third-order valence-electron chi connectivity index (χ3n) is 3.29. The molecule has 1 aromatic rings. The van der Waals surface area contributed by atoms with Gasteiger partial charge in [0.2, 0.25) is 0 Å². The molecule has 0 saturated heterocycles. The number of allylic oxidation sites excluding steroid dienone is 2. The highest BCUT2D eigenvalue weighted by atomic mass is 32.2. The summed E-state index contributed by atoms with van der Waals surface area (Å²) in [7, 11) is 0. The van der Waals surface area contributed by atoms with Crippen molar-refractivity contribution in [2.45, 2.75) is 37.3 Å². The Morgan fingerprint density at radius 3 is 2.70 bits per heavy atom. The minimum absolute atomic E-state index is 0.161. The van der Waals surface area contributed by atoms with Gasteiger partial charge in [0.15, 0.2) is 10.9 Å². The first-order chi connectivity index (χ1) is 9.67. The van der Waals surface area contributed by atoms with E-state index in [9.17, 15) is 15.4 Å². The van der Waals surface area contributed by atoms with Crippen LogP contribution in [0.5, 0.6) is 0 Å². The van der Waals surface area contributed by atoms with Gasteiger partial charge in [0.25, 0.3) is 0 Å². The number of nitriles is 1. The van der Waals surface area contributed by atoms with Gasteiger partial charge in [0.1, 0.15) is 12.3 Å². The number of thioether (sulfide) groups is 1. The molecule has 1 fully saturated rings. The van der Waals surface area contributed by atoms with Crippen LogP contribution < -0.4 is 0 Å². The summed E-state index contributed by atoms with van der Waals surface area (Å²) in [5.74, 6) is 0. The Balaban J connectivity index is 2.58. The van der Waals surface area contributed by atoms with Crippen LogP contribution in [0.15, 0.2) is 16.9 Å². The molecule has 0 spiro atoms. The van der Waals surface area contributed by atoms with Crippen LogP contribution in [0.1, 0.15) is 37.8 Å². The third-order valence-corrected chi connectivity index (χ3v) is 3.85. The summed E-state index contributed by atoms with van der Waals surface area (Å²) < 4.78 is 0. The highest BCUT2D eigenvalue weighted by Gasteiger charge is 2.24. The van der Waals surface area contributed by atoms with Crippen molar-refractivity contribution in [3.05, 3.63) is 27.6 Å². The second-order valence-corrected chi connectivity index (χ2v) is 5.27. The van der Waals surface area contributed by atoms with Gasteiger partial charge >= 0.3 is 5.69 Å². The van der Waals surface area contributed by atoms with Crippen LogP contribution in [0, 0.1) is 21.4 Å². The van der Waals surface area contributed by atoms with Gasteiger partial charge in [-0.15, -0.1) is 0 Å². The van der Waals surface area contributed by atoms with E-state index in [-0.39, 0.29) is 11.4 Å². The van der Waals surface area contributed by atoms with Crippen molar-refractivity contribution in [3.63, 3.8) is 0 Å². The van der Waals surface area contributed by atoms with Crippen molar-refractivity contribution >= 4 is 23.0 Å². The zero-order valence-corrected chi connectivity index (χ0v) is 11.9. The monoisotopic (exact) mass is 290 g/mol. The Kier molecular flexibility index (Phi) is 4.69. The Morgan fingerprint density at radius 1 is 1.45 bits per heavy atom. The average Bonchev–Trinajstić information content (AvgIpc) is 2.48. The van der Waals surface area contributed by atoms with Crippen molar-refractivity contribution < 1.29 is 4.92 Å². The quantitative estimate of drug-likeness (QED) is 0.278. The van der Waals surface area contributed by atoms with Crippen LogP contribution in [0.25, 0.3) is 5.57 Å². The fraction of sp³-hybridized carbons (Fsp3) is 0.462. The molecule has 1 heterocycles. The minimum Gasteiger partial charge on any atom is -0.258 e. The van der Waals surface area contributed by atoms with E-state index in [1.54, 1.807) is 6.26 Å². The fourth-order valence-corrected chi connectivity index (χ4v) is 2.64. The predicted molar refractivity (Wildman–Crippen MR) is 76.1 cm³/mol. The Bertz CT molecular complexity index is 599. The average molecular weight is 290 g/mol. The molecule has 0 aromatic carbocycles. The van der Waals surface area contributed by atoms with Crippen LogP contribution >= 0.6 is 11.8 Å². The number of rotatable bonds is 3. The van der Waals surface area contributed by atoms with Crippen LogP contribution in [0.2, 0.25) is 0 Å². The first-order valence-corrected chi connectivity index (χ1v) is 7.57. The van der Waals surface area contributed by atoms with E-state index in [0.717, 1.165) is 37.7 Å². The van der Waals surface area contributed by atoms with Gasteiger partial charge in [-0.05, 0) is 37.5 Å². The van der Waals surface area contributed by atoms with Gasteiger partial charge in [0, 0.05) is 0 Å². The lowest BCUT2D eigenvalue weighted by Gasteiger charge is -2.15. The first kappa shape index (κ1) is 14.5. The second-order valence-electron chi connectivity index (χ2n) is 4.50. The summed E-state index contributed by atoms with van der Waals surface area (Å²) in [6.45, 7) is 0. The van der Waals surface area contributed by atoms with E-state index in [1.165, 1.54) is 18.0 Å². The number of hydrogen-bond acceptors (Lipinski definition) is 6. The Hall–Kier alpha value is -1.94. The van der Waals surface area contributed by atoms with Gasteiger partial charge in [-0.1, -0.05) is 18.2 Å². The smallest absolute Gasteiger partial charge is 0.258 e. The molecule has 6 nitrogen and oxygen atoms in total. The molecule has 7 heteroatoms. The molecule has 1 saturated carbocycles. The summed E-state index contributed by atoms with van der Waals surface area (Å²) >= 11 is 1.30. The largest absolute Gasteiger partial charge is 0.314 e. The summed E-state index contributed by atoms with van der Waals surface area (Å²) in [5.41, 5.74) is 1.30. The molecule has 20 heavy (non-hydrogen) atoms. The molecule has 0 amide bonds. The van der Waals surface area contributed by atoms with Crippen molar-refractivity contribution in [3.8, 4) is 6.07 Å². The topological polar surface area (TPSA) is 92.7 Å². The molecule has 0 bridgehead atoms. The third kappa shape index (κ3) is 2.96. The molecule has 2 rings (SSSR count). The van der Waals surface area contributed by atoms with E-state index >= 15 is 0 Å². The summed E-state index contributed by atoms with van der Waals surface area (Å²) in [5, 5.41) is 21.0. The van der Waals surface area contributed by atoms with Gasteiger partial charge in [0.05, 0.1) is 10.5 Å². The zero-order valence-electron chi connectivity index (χ0n) is 11.1. The minimum atomic E-state index is -0.528. The van der Waals surface area contributed by atoms with Crippen LogP contribution in [-0.4, -0.2) is 21.1 Å². The van der Waals surface area contributed by atoms with Crippen LogP contribution in [0.3, 0.4) is 0 Å². The normalized spacial score (nSPS) is 14.7. The van der Waals surface area contributed by atoms with Crippen LogP contribution in [0.4, 0.5) is 5.69 Å². The summed E-state index contributed by atoms with van der Waals surface area (Å²) in [6.07, 6.45) is 7.81. The molecular formula is C13H14N4O2S. The molecule has 1 aromatic heterocycles. The SMILES string of the molecule is CSc1ncc([N+](=O)[O-])c(C(C#N)=C2CCCCC2)n1. The fourth-order valence-electron chi connectivity index (χ4n) is 2.30. The first-order valence-electron chi connectivity index (χ1n) is 6.35. The number of nitrogens with zero attached hydrogens (tertiary/aromatic N) is 4. The molecule has 1 aliphatic rings. The molecule has 0 aliphatic heterocycles. The van der Waals surface area contributed by atoms with E-state index < -0.39 is 4.92 Å². The highest BCUT2D eigenvalue weighted by Crippen LogP contribution is 2.33. The number of hydrogen-bond donors (Lipinski definition) is 0. The molecule has 0 unspecified atom stereocenters. The maximum Gasteiger partial charge on any atom is 0.314 e. The number of aromatic nitrogens is 2. The zero-order chi connectivity index (χ0) is 14.5. The Labute approximate surface area is 121 Å². The van der Waals surface area contributed by atoms with Crippen LogP contribution in [-0.2, 0) is 0 Å². The van der Waals surface area contributed by atoms with E-state index in [4.69, 9.17) is 0 Å². The molecule has 0 N–H and O–H groups in total. The van der Waals surface area contributed by atoms with E-state index in [1.807, 2.05) is 0 Å². The Morgan fingerprint density at radius 2 is 2.15 bits per heavy atom. The van der Waals surface area contributed by atoms with Gasteiger partial charge in [-0.3, -0.25) is 10.1 Å². The van der Waals surface area contributed by atoms with Gasteiger partial charge in [-0.25, -0.2) is 9.97 Å². The molecule has 104 valence electrons. The van der Waals surface area contributed by atoms with Crippen molar-refractivity contribution in [1.82, 2.24) is 9.97 Å².